The van der Waals surface area contributed by atoms with Crippen LogP contribution in [-0.4, -0.2) is 11.7 Å². The van der Waals surface area contributed by atoms with E-state index in [0.717, 1.165) is 18.3 Å². The van der Waals surface area contributed by atoms with E-state index in [1.807, 2.05) is 36.4 Å². The zero-order chi connectivity index (χ0) is 15.4. The molecule has 0 bridgehead atoms. The molecule has 0 aliphatic rings. The molecule has 2 aromatic rings. The van der Waals surface area contributed by atoms with Crippen molar-refractivity contribution in [1.82, 2.24) is 0 Å². The van der Waals surface area contributed by atoms with Gasteiger partial charge >= 0.3 is 0 Å². The Kier molecular flexibility index (Phi) is 6.16. The van der Waals surface area contributed by atoms with Crippen molar-refractivity contribution >= 4 is 76.8 Å². The van der Waals surface area contributed by atoms with Gasteiger partial charge in [0, 0.05) is 24.0 Å². The monoisotopic (exact) mass is 492 g/mol. The Morgan fingerprint density at radius 1 is 1.14 bits per heavy atom. The molecule has 7 heteroatoms. The first-order valence-corrected chi connectivity index (χ1v) is 9.25. The molecule has 0 aliphatic carbocycles. The second kappa shape index (κ2) is 7.67. The predicted molar refractivity (Wildman–Crippen MR) is 99.8 cm³/mol. The van der Waals surface area contributed by atoms with Crippen molar-refractivity contribution < 1.29 is 4.79 Å². The van der Waals surface area contributed by atoms with Crippen molar-refractivity contribution in [3.63, 3.8) is 0 Å². The molecule has 0 fully saturated rings. The van der Waals surface area contributed by atoms with Crippen LogP contribution in [0.3, 0.4) is 0 Å². The highest BCUT2D eigenvalue weighted by molar-refractivity contribution is 9.11. The Hall–Kier alpha value is -0.500. The number of carbonyl (C=O) groups is 1. The minimum atomic E-state index is -0.0908. The Morgan fingerprint density at radius 3 is 2.38 bits per heavy atom. The van der Waals surface area contributed by atoms with Crippen LogP contribution >= 0.6 is 59.6 Å². The summed E-state index contributed by atoms with van der Waals surface area (Å²) in [5.74, 6) is 0.204. The molecule has 3 nitrogen and oxygen atoms in total. The molecule has 0 heterocycles. The topological polar surface area (TPSA) is 55.1 Å². The van der Waals surface area contributed by atoms with Gasteiger partial charge in [-0.2, -0.15) is 0 Å². The van der Waals surface area contributed by atoms with Gasteiger partial charge in [-0.3, -0.25) is 4.79 Å². The van der Waals surface area contributed by atoms with Gasteiger partial charge in [0.2, 0.25) is 5.91 Å². The third-order valence-electron chi connectivity index (χ3n) is 2.55. The van der Waals surface area contributed by atoms with Crippen LogP contribution in [0, 0.1) is 0 Å². The van der Waals surface area contributed by atoms with Crippen LogP contribution in [0.25, 0.3) is 0 Å². The maximum Gasteiger partial charge on any atom is 0.234 e. The van der Waals surface area contributed by atoms with Crippen molar-refractivity contribution in [2.75, 3.05) is 16.8 Å². The molecule has 0 radical (unpaired) electrons. The lowest BCUT2D eigenvalue weighted by Crippen LogP contribution is -2.15. The molecule has 0 spiro atoms. The van der Waals surface area contributed by atoms with Crippen LogP contribution in [0.2, 0.25) is 0 Å². The summed E-state index contributed by atoms with van der Waals surface area (Å²) < 4.78 is 2.54. The van der Waals surface area contributed by atoms with E-state index >= 15 is 0 Å². The standard InChI is InChI=1S/C14H11Br3N2OS/c15-8-5-9(16)14(10(17)6-8)19-13(20)7-21-12-4-2-1-3-11(12)18/h1-6H,7,18H2,(H,19,20). The number of anilines is 2. The van der Waals surface area contributed by atoms with Crippen LogP contribution in [0.4, 0.5) is 11.4 Å². The van der Waals surface area contributed by atoms with Crippen LogP contribution in [0.5, 0.6) is 0 Å². The van der Waals surface area contributed by atoms with Crippen LogP contribution in [0.1, 0.15) is 0 Å². The van der Waals surface area contributed by atoms with Gasteiger partial charge in [0.25, 0.3) is 0 Å². The summed E-state index contributed by atoms with van der Waals surface area (Å²) in [6.45, 7) is 0. The fourth-order valence-corrected chi connectivity index (χ4v) is 4.82. The van der Waals surface area contributed by atoms with E-state index in [0.29, 0.717) is 17.1 Å². The lowest BCUT2D eigenvalue weighted by molar-refractivity contribution is -0.113. The highest BCUT2D eigenvalue weighted by Crippen LogP contribution is 2.34. The molecule has 0 unspecified atom stereocenters. The molecule has 0 atom stereocenters. The fraction of sp³-hybridized carbons (Fsp3) is 0.0714. The number of amides is 1. The van der Waals surface area contributed by atoms with E-state index in [2.05, 4.69) is 53.1 Å². The first-order valence-electron chi connectivity index (χ1n) is 5.89. The zero-order valence-electron chi connectivity index (χ0n) is 10.7. The van der Waals surface area contributed by atoms with Crippen LogP contribution < -0.4 is 11.1 Å². The minimum Gasteiger partial charge on any atom is -0.398 e. The maximum absolute atomic E-state index is 12.1. The Labute approximate surface area is 152 Å². The van der Waals surface area contributed by atoms with E-state index in [4.69, 9.17) is 5.73 Å². The smallest absolute Gasteiger partial charge is 0.234 e. The number of hydrogen-bond donors (Lipinski definition) is 2. The van der Waals surface area contributed by atoms with E-state index < -0.39 is 0 Å². The molecule has 0 aromatic heterocycles. The predicted octanol–water partition coefficient (Wildman–Crippen LogP) is 5.29. The number of rotatable bonds is 4. The first-order chi connectivity index (χ1) is 9.97. The summed E-state index contributed by atoms with van der Waals surface area (Å²) in [4.78, 5) is 13.0. The Morgan fingerprint density at radius 2 is 1.76 bits per heavy atom. The van der Waals surface area contributed by atoms with Gasteiger partial charge in [-0.05, 0) is 56.1 Å². The number of thioether (sulfide) groups is 1. The number of nitrogens with one attached hydrogen (secondary N) is 1. The minimum absolute atomic E-state index is 0.0908. The average Bonchev–Trinajstić information content (AvgIpc) is 2.42. The SMILES string of the molecule is Nc1ccccc1SCC(=O)Nc1c(Br)cc(Br)cc1Br. The van der Waals surface area contributed by atoms with Crippen molar-refractivity contribution in [3.05, 3.63) is 49.8 Å². The molecule has 0 aliphatic heterocycles. The number of carbonyl (C=O) groups excluding carboxylic acids is 1. The number of benzene rings is 2. The molecule has 2 rings (SSSR count). The number of nitrogen functional groups attached to an aromatic ring is 1. The second-order valence-electron chi connectivity index (χ2n) is 4.12. The van der Waals surface area contributed by atoms with E-state index in [-0.39, 0.29) is 5.91 Å². The molecule has 3 N–H and O–H groups in total. The second-order valence-corrected chi connectivity index (χ2v) is 7.76. The maximum atomic E-state index is 12.1. The molecule has 1 amide bonds. The van der Waals surface area contributed by atoms with Gasteiger partial charge < -0.3 is 11.1 Å². The lowest BCUT2D eigenvalue weighted by Gasteiger charge is -2.10. The Bertz CT molecular complexity index is 656. The normalized spacial score (nSPS) is 10.4. The lowest BCUT2D eigenvalue weighted by atomic mass is 10.3. The zero-order valence-corrected chi connectivity index (χ0v) is 16.3. The molecule has 0 saturated heterocycles. The highest BCUT2D eigenvalue weighted by Gasteiger charge is 2.11. The number of halogens is 3. The fourth-order valence-electron chi connectivity index (χ4n) is 1.59. The number of nitrogens with two attached hydrogens (primary N) is 1. The third-order valence-corrected chi connectivity index (χ3v) is 5.35. The summed E-state index contributed by atoms with van der Waals surface area (Å²) >= 11 is 11.7. The van der Waals surface area contributed by atoms with Gasteiger partial charge in [0.05, 0.1) is 11.4 Å². The van der Waals surface area contributed by atoms with E-state index in [9.17, 15) is 4.79 Å². The molecule has 0 saturated carbocycles. The van der Waals surface area contributed by atoms with E-state index in [1.54, 1.807) is 0 Å². The van der Waals surface area contributed by atoms with Crippen molar-refractivity contribution in [2.45, 2.75) is 4.90 Å². The third kappa shape index (κ3) is 4.74. The van der Waals surface area contributed by atoms with Gasteiger partial charge in [0.15, 0.2) is 0 Å². The van der Waals surface area contributed by atoms with Crippen molar-refractivity contribution in [3.8, 4) is 0 Å². The number of para-hydroxylation sites is 1. The van der Waals surface area contributed by atoms with Crippen LogP contribution in [-0.2, 0) is 4.79 Å². The Balaban J connectivity index is 2.01. The van der Waals surface area contributed by atoms with Gasteiger partial charge in [-0.1, -0.05) is 28.1 Å². The summed E-state index contributed by atoms with van der Waals surface area (Å²) in [6.07, 6.45) is 0. The van der Waals surface area contributed by atoms with Gasteiger partial charge in [0.1, 0.15) is 0 Å². The largest absolute Gasteiger partial charge is 0.398 e. The number of hydrogen-bond acceptors (Lipinski definition) is 3. The first kappa shape index (κ1) is 16.9. The summed E-state index contributed by atoms with van der Waals surface area (Å²) in [6, 6.07) is 11.3. The van der Waals surface area contributed by atoms with Crippen molar-refractivity contribution in [1.29, 1.82) is 0 Å². The molecule has 110 valence electrons. The molecular formula is C14H11Br3N2OS. The highest BCUT2D eigenvalue weighted by atomic mass is 79.9. The van der Waals surface area contributed by atoms with Gasteiger partial charge in [-0.15, -0.1) is 11.8 Å². The van der Waals surface area contributed by atoms with E-state index in [1.165, 1.54) is 11.8 Å². The van der Waals surface area contributed by atoms with Crippen LogP contribution in [0.15, 0.2) is 54.7 Å². The van der Waals surface area contributed by atoms with Crippen molar-refractivity contribution in [2.24, 2.45) is 0 Å². The summed E-state index contributed by atoms with van der Waals surface area (Å²) in [5, 5.41) is 2.88. The van der Waals surface area contributed by atoms with Gasteiger partial charge in [-0.25, -0.2) is 0 Å². The molecular weight excluding hydrogens is 484 g/mol. The quantitative estimate of drug-likeness (QED) is 0.448. The molecule has 2 aromatic carbocycles. The average molecular weight is 495 g/mol. The molecule has 21 heavy (non-hydrogen) atoms. The summed E-state index contributed by atoms with van der Waals surface area (Å²) in [5.41, 5.74) is 7.25. The summed E-state index contributed by atoms with van der Waals surface area (Å²) in [7, 11) is 0.